The summed E-state index contributed by atoms with van der Waals surface area (Å²) in [6, 6.07) is -0.144. The molecule has 0 aromatic heterocycles. The molecule has 1 fully saturated rings. The smallest absolute Gasteiger partial charge is 0.317 e. The van der Waals surface area contributed by atoms with E-state index < -0.39 is 6.23 Å². The zero-order valence-corrected chi connectivity index (χ0v) is 5.92. The van der Waals surface area contributed by atoms with Crippen LogP contribution in [0.4, 0.5) is 4.79 Å². The van der Waals surface area contributed by atoms with E-state index in [1.807, 2.05) is 6.92 Å². The molecule has 2 unspecified atom stereocenters. The van der Waals surface area contributed by atoms with Gasteiger partial charge in [-0.15, -0.1) is 0 Å². The van der Waals surface area contributed by atoms with Gasteiger partial charge in [-0.1, -0.05) is 6.92 Å². The number of hydrogen-bond acceptors (Lipinski definition) is 2. The second kappa shape index (κ2) is 2.88. The van der Waals surface area contributed by atoms with Gasteiger partial charge in [-0.3, -0.25) is 0 Å². The van der Waals surface area contributed by atoms with E-state index in [2.05, 4.69) is 10.6 Å². The highest BCUT2D eigenvalue weighted by molar-refractivity contribution is 5.75. The summed E-state index contributed by atoms with van der Waals surface area (Å²) in [4.78, 5) is 10.7. The molecule has 0 saturated carbocycles. The number of aliphatic hydroxyl groups is 1. The Bertz CT molecular complexity index is 138. The Balaban J connectivity index is 2.42. The highest BCUT2D eigenvalue weighted by Gasteiger charge is 2.21. The molecule has 1 aliphatic heterocycles. The molecular weight excluding hydrogens is 132 g/mol. The Morgan fingerprint density at radius 2 is 2.40 bits per heavy atom. The fourth-order valence-corrected chi connectivity index (χ4v) is 1.03. The third kappa shape index (κ3) is 1.60. The van der Waals surface area contributed by atoms with Crippen molar-refractivity contribution in [2.45, 2.75) is 32.0 Å². The van der Waals surface area contributed by atoms with Crippen LogP contribution in [0.25, 0.3) is 0 Å². The number of nitrogens with one attached hydrogen (secondary N) is 2. The summed E-state index contributed by atoms with van der Waals surface area (Å²) in [6.07, 6.45) is 0.797. The lowest BCUT2D eigenvalue weighted by molar-refractivity contribution is 0.102. The van der Waals surface area contributed by atoms with Gasteiger partial charge >= 0.3 is 6.03 Å². The summed E-state index contributed by atoms with van der Waals surface area (Å²) in [7, 11) is 0. The third-order valence-electron chi connectivity index (χ3n) is 1.63. The lowest BCUT2D eigenvalue weighted by Crippen LogP contribution is -2.54. The van der Waals surface area contributed by atoms with Crippen LogP contribution in [0.1, 0.15) is 19.8 Å². The number of urea groups is 1. The van der Waals surface area contributed by atoms with E-state index in [-0.39, 0.29) is 12.1 Å². The van der Waals surface area contributed by atoms with Crippen LogP contribution in [0.5, 0.6) is 0 Å². The SMILES string of the molecule is CCC1CC(O)NC(=O)N1. The molecule has 0 aromatic carbocycles. The lowest BCUT2D eigenvalue weighted by atomic mass is 10.1. The molecule has 10 heavy (non-hydrogen) atoms. The van der Waals surface area contributed by atoms with E-state index in [4.69, 9.17) is 5.11 Å². The van der Waals surface area contributed by atoms with Crippen LogP contribution in [0.3, 0.4) is 0 Å². The summed E-state index contributed by atoms with van der Waals surface area (Å²) < 4.78 is 0. The topological polar surface area (TPSA) is 61.4 Å². The Morgan fingerprint density at radius 3 is 2.90 bits per heavy atom. The van der Waals surface area contributed by atoms with E-state index in [0.29, 0.717) is 6.42 Å². The van der Waals surface area contributed by atoms with Crippen molar-refractivity contribution in [3.8, 4) is 0 Å². The van der Waals surface area contributed by atoms with Crippen molar-refractivity contribution in [2.24, 2.45) is 0 Å². The quantitative estimate of drug-likeness (QED) is 0.476. The first-order valence-electron chi connectivity index (χ1n) is 3.47. The first-order valence-corrected chi connectivity index (χ1v) is 3.47. The Kier molecular flexibility index (Phi) is 2.11. The maximum Gasteiger partial charge on any atom is 0.317 e. The summed E-state index contributed by atoms with van der Waals surface area (Å²) in [6.45, 7) is 1.98. The Hall–Kier alpha value is -0.770. The second-order valence-electron chi connectivity index (χ2n) is 2.47. The summed E-state index contributed by atoms with van der Waals surface area (Å²) in [5.41, 5.74) is 0. The average Bonchev–Trinajstić information content (AvgIpc) is 1.85. The number of hydrogen-bond donors (Lipinski definition) is 3. The molecule has 4 heteroatoms. The van der Waals surface area contributed by atoms with E-state index >= 15 is 0 Å². The van der Waals surface area contributed by atoms with Crippen molar-refractivity contribution in [1.82, 2.24) is 10.6 Å². The second-order valence-corrected chi connectivity index (χ2v) is 2.47. The monoisotopic (exact) mass is 144 g/mol. The molecule has 0 radical (unpaired) electrons. The van der Waals surface area contributed by atoms with Gasteiger partial charge in [-0.25, -0.2) is 4.79 Å². The molecule has 0 aromatic rings. The summed E-state index contributed by atoms with van der Waals surface area (Å²) >= 11 is 0. The zero-order chi connectivity index (χ0) is 7.56. The van der Waals surface area contributed by atoms with Crippen LogP contribution in [0, 0.1) is 0 Å². The lowest BCUT2D eigenvalue weighted by Gasteiger charge is -2.26. The molecular formula is C6H12N2O2. The first-order chi connectivity index (χ1) is 4.72. The van der Waals surface area contributed by atoms with Gasteiger partial charge in [0, 0.05) is 12.5 Å². The van der Waals surface area contributed by atoms with Crippen molar-refractivity contribution in [1.29, 1.82) is 0 Å². The van der Waals surface area contributed by atoms with Crippen molar-refractivity contribution in [3.05, 3.63) is 0 Å². The minimum Gasteiger partial charge on any atom is -0.374 e. The number of amides is 2. The van der Waals surface area contributed by atoms with Crippen LogP contribution in [0.2, 0.25) is 0 Å². The van der Waals surface area contributed by atoms with E-state index in [9.17, 15) is 4.79 Å². The Morgan fingerprint density at radius 1 is 1.70 bits per heavy atom. The minimum absolute atomic E-state index is 0.128. The highest BCUT2D eigenvalue weighted by atomic mass is 16.3. The fourth-order valence-electron chi connectivity index (χ4n) is 1.03. The van der Waals surface area contributed by atoms with Gasteiger partial charge in [-0.05, 0) is 6.42 Å². The molecule has 0 bridgehead atoms. The number of carbonyl (C=O) groups is 1. The molecule has 0 aliphatic carbocycles. The summed E-state index contributed by atoms with van der Waals surface area (Å²) in [5, 5.41) is 14.0. The number of aliphatic hydroxyl groups excluding tert-OH is 1. The van der Waals surface area contributed by atoms with Crippen molar-refractivity contribution in [3.63, 3.8) is 0 Å². The largest absolute Gasteiger partial charge is 0.374 e. The molecule has 1 aliphatic rings. The van der Waals surface area contributed by atoms with Crippen LogP contribution in [0.15, 0.2) is 0 Å². The molecule has 2 atom stereocenters. The molecule has 3 N–H and O–H groups in total. The van der Waals surface area contributed by atoms with E-state index in [1.165, 1.54) is 0 Å². The normalized spacial score (nSPS) is 32.8. The maximum atomic E-state index is 10.7. The molecule has 4 nitrogen and oxygen atoms in total. The van der Waals surface area contributed by atoms with Crippen LogP contribution in [-0.2, 0) is 0 Å². The first kappa shape index (κ1) is 7.34. The van der Waals surface area contributed by atoms with E-state index in [0.717, 1.165) is 6.42 Å². The van der Waals surface area contributed by atoms with Gasteiger partial charge in [0.15, 0.2) is 0 Å². The standard InChI is InChI=1S/C6H12N2O2/c1-2-4-3-5(9)8-6(10)7-4/h4-5,9H,2-3H2,1H3,(H2,7,8,10). The predicted molar refractivity (Wildman–Crippen MR) is 36.4 cm³/mol. The molecule has 2 amide bonds. The molecule has 58 valence electrons. The van der Waals surface area contributed by atoms with Gasteiger partial charge in [-0.2, -0.15) is 0 Å². The number of rotatable bonds is 1. The average molecular weight is 144 g/mol. The molecule has 1 rings (SSSR count). The summed E-state index contributed by atoms with van der Waals surface area (Å²) in [5.74, 6) is 0. The third-order valence-corrected chi connectivity index (χ3v) is 1.63. The molecule has 1 heterocycles. The van der Waals surface area contributed by atoms with E-state index in [1.54, 1.807) is 0 Å². The van der Waals surface area contributed by atoms with Gasteiger partial charge in [0.1, 0.15) is 6.23 Å². The van der Waals surface area contributed by atoms with Gasteiger partial charge in [0.25, 0.3) is 0 Å². The highest BCUT2D eigenvalue weighted by Crippen LogP contribution is 2.04. The van der Waals surface area contributed by atoms with Crippen LogP contribution in [-0.4, -0.2) is 23.4 Å². The zero-order valence-electron chi connectivity index (χ0n) is 5.92. The van der Waals surface area contributed by atoms with Gasteiger partial charge < -0.3 is 15.7 Å². The minimum atomic E-state index is -0.668. The molecule has 1 saturated heterocycles. The number of carbonyl (C=O) groups excluding carboxylic acids is 1. The maximum absolute atomic E-state index is 10.7. The van der Waals surface area contributed by atoms with Gasteiger partial charge in [0.2, 0.25) is 0 Å². The van der Waals surface area contributed by atoms with Gasteiger partial charge in [0.05, 0.1) is 0 Å². The fraction of sp³-hybridized carbons (Fsp3) is 0.833. The predicted octanol–water partition coefficient (Wildman–Crippen LogP) is -0.214. The Labute approximate surface area is 59.6 Å². The van der Waals surface area contributed by atoms with Crippen molar-refractivity contribution >= 4 is 6.03 Å². The van der Waals surface area contributed by atoms with Crippen molar-refractivity contribution < 1.29 is 9.90 Å². The van der Waals surface area contributed by atoms with Crippen molar-refractivity contribution in [2.75, 3.05) is 0 Å². The van der Waals surface area contributed by atoms with Crippen LogP contribution < -0.4 is 10.6 Å². The van der Waals surface area contributed by atoms with Crippen LogP contribution >= 0.6 is 0 Å². The molecule has 0 spiro atoms.